The Kier molecular flexibility index (Phi) is 10.6. The van der Waals surface area contributed by atoms with Crippen molar-refractivity contribution in [2.75, 3.05) is 54.1 Å². The van der Waals surface area contributed by atoms with Crippen molar-refractivity contribution < 1.29 is 23.8 Å². The van der Waals surface area contributed by atoms with Gasteiger partial charge < -0.3 is 29.7 Å². The number of amides is 2. The van der Waals surface area contributed by atoms with E-state index in [2.05, 4.69) is 34.9 Å². The molecule has 1 atom stereocenters. The Labute approximate surface area is 260 Å². The van der Waals surface area contributed by atoms with Crippen molar-refractivity contribution in [2.45, 2.75) is 36.5 Å². The monoisotopic (exact) mass is 607 g/mol. The average molecular weight is 608 g/mol. The van der Waals surface area contributed by atoms with Crippen LogP contribution in [-0.4, -0.2) is 70.8 Å². The number of nitrogens with one attached hydrogen (secondary N) is 2. The molecular weight excluding hydrogens is 566 g/mol. The number of likely N-dealkylation sites (tertiary alicyclic amines) is 1. The smallest absolute Gasteiger partial charge is 0.254 e. The topological polar surface area (TPSA) is 89.1 Å². The van der Waals surface area contributed by atoms with Crippen LogP contribution < -0.4 is 24.8 Å². The summed E-state index contributed by atoms with van der Waals surface area (Å²) in [5, 5.41) is 6.72. The third-order valence-corrected chi connectivity index (χ3v) is 9.05. The van der Waals surface area contributed by atoms with Crippen LogP contribution in [0.1, 0.15) is 47.2 Å². The molecule has 2 aliphatic heterocycles. The molecule has 0 aromatic heterocycles. The van der Waals surface area contributed by atoms with Gasteiger partial charge in [-0.15, -0.1) is 12.4 Å². The van der Waals surface area contributed by atoms with E-state index in [1.807, 2.05) is 41.3 Å². The number of nitrogens with zero attached hydrogens (tertiary/aromatic N) is 1. The molecule has 0 bridgehead atoms. The van der Waals surface area contributed by atoms with Crippen LogP contribution in [0.5, 0.6) is 17.2 Å². The standard InChI is InChI=1S/C34H41N3O5.ClH/c1-40-28-22-25(23-29(41-2)30(28)42-3)31(38)37-21-17-33(24-37,26-10-6-4-7-11-26)14-20-36-32(39)34(15-18-35-19-16-34)27-12-8-5-9-13-27;/h4-13,22-23,35H,14-21,24H2,1-3H3,(H,36,39);1H. The van der Waals surface area contributed by atoms with Crippen LogP contribution >= 0.6 is 12.4 Å². The fraction of sp³-hybridized carbons (Fsp3) is 0.412. The molecule has 3 aromatic rings. The van der Waals surface area contributed by atoms with Crippen molar-refractivity contribution in [3.05, 3.63) is 89.5 Å². The van der Waals surface area contributed by atoms with Crippen LogP contribution in [0.15, 0.2) is 72.8 Å². The maximum atomic E-state index is 13.8. The highest BCUT2D eigenvalue weighted by Crippen LogP contribution is 2.41. The van der Waals surface area contributed by atoms with E-state index < -0.39 is 5.41 Å². The SMILES string of the molecule is COc1cc(C(=O)N2CCC(CCNC(=O)C3(c4ccccc4)CCNCC3)(c3ccccc3)C2)cc(OC)c1OC.Cl. The first-order valence-electron chi connectivity index (χ1n) is 14.7. The Hall–Kier alpha value is -3.75. The fourth-order valence-electron chi connectivity index (χ4n) is 6.65. The fourth-order valence-corrected chi connectivity index (χ4v) is 6.65. The van der Waals surface area contributed by atoms with E-state index >= 15 is 0 Å². The van der Waals surface area contributed by atoms with E-state index in [0.717, 1.165) is 44.3 Å². The number of hydrogen-bond donors (Lipinski definition) is 2. The highest BCUT2D eigenvalue weighted by Gasteiger charge is 2.43. The van der Waals surface area contributed by atoms with E-state index in [-0.39, 0.29) is 29.6 Å². The van der Waals surface area contributed by atoms with Crippen LogP contribution in [0.2, 0.25) is 0 Å². The van der Waals surface area contributed by atoms with Gasteiger partial charge in [0.2, 0.25) is 11.7 Å². The lowest BCUT2D eigenvalue weighted by Crippen LogP contribution is -2.51. The molecule has 2 fully saturated rings. The first-order chi connectivity index (χ1) is 20.5. The zero-order chi connectivity index (χ0) is 29.6. The summed E-state index contributed by atoms with van der Waals surface area (Å²) >= 11 is 0. The van der Waals surface area contributed by atoms with Gasteiger partial charge in [-0.25, -0.2) is 0 Å². The summed E-state index contributed by atoms with van der Waals surface area (Å²) in [5.41, 5.74) is 1.93. The number of hydrogen-bond acceptors (Lipinski definition) is 6. The second-order valence-electron chi connectivity index (χ2n) is 11.2. The predicted octanol–water partition coefficient (Wildman–Crippen LogP) is 4.75. The Morgan fingerprint density at radius 3 is 1.98 bits per heavy atom. The lowest BCUT2D eigenvalue weighted by molar-refractivity contribution is -0.127. The lowest BCUT2D eigenvalue weighted by Gasteiger charge is -2.37. The molecule has 1 unspecified atom stereocenters. The maximum Gasteiger partial charge on any atom is 0.254 e. The number of benzene rings is 3. The molecular formula is C34H42ClN3O5. The molecule has 9 heteroatoms. The number of halogens is 1. The molecule has 0 aliphatic carbocycles. The Morgan fingerprint density at radius 2 is 1.42 bits per heavy atom. The second kappa shape index (κ2) is 14.1. The lowest BCUT2D eigenvalue weighted by atomic mass is 9.72. The van der Waals surface area contributed by atoms with Crippen LogP contribution in [0.3, 0.4) is 0 Å². The van der Waals surface area contributed by atoms with Gasteiger partial charge in [0.1, 0.15) is 0 Å². The number of methoxy groups -OCH3 is 3. The molecule has 2 N–H and O–H groups in total. The predicted molar refractivity (Wildman–Crippen MR) is 170 cm³/mol. The molecule has 2 aliphatic rings. The van der Waals surface area contributed by atoms with Gasteiger partial charge in [0.15, 0.2) is 11.5 Å². The van der Waals surface area contributed by atoms with Gasteiger partial charge in [-0.2, -0.15) is 0 Å². The summed E-state index contributed by atoms with van der Waals surface area (Å²) in [4.78, 5) is 29.5. The van der Waals surface area contributed by atoms with Crippen molar-refractivity contribution >= 4 is 24.2 Å². The van der Waals surface area contributed by atoms with Crippen molar-refractivity contribution in [1.82, 2.24) is 15.5 Å². The van der Waals surface area contributed by atoms with E-state index in [4.69, 9.17) is 14.2 Å². The molecule has 0 saturated carbocycles. The maximum absolute atomic E-state index is 13.8. The first kappa shape index (κ1) is 32.2. The van der Waals surface area contributed by atoms with Crippen LogP contribution in [0.25, 0.3) is 0 Å². The normalized spacial score (nSPS) is 19.2. The molecule has 0 spiro atoms. The van der Waals surface area contributed by atoms with Gasteiger partial charge in [-0.3, -0.25) is 9.59 Å². The molecule has 230 valence electrons. The highest BCUT2D eigenvalue weighted by molar-refractivity contribution is 5.96. The van der Waals surface area contributed by atoms with Gasteiger partial charge in [-0.05, 0) is 62.0 Å². The molecule has 2 heterocycles. The van der Waals surface area contributed by atoms with Crippen molar-refractivity contribution in [3.63, 3.8) is 0 Å². The van der Waals surface area contributed by atoms with Gasteiger partial charge in [0, 0.05) is 30.6 Å². The van der Waals surface area contributed by atoms with Crippen LogP contribution in [0, 0.1) is 0 Å². The average Bonchev–Trinajstić information content (AvgIpc) is 3.50. The van der Waals surface area contributed by atoms with Crippen LogP contribution in [-0.2, 0) is 15.6 Å². The number of ether oxygens (including phenoxy) is 3. The number of carbonyl (C=O) groups excluding carboxylic acids is 2. The summed E-state index contributed by atoms with van der Waals surface area (Å²) < 4.78 is 16.4. The van der Waals surface area contributed by atoms with E-state index in [9.17, 15) is 9.59 Å². The number of piperidine rings is 1. The van der Waals surface area contributed by atoms with Gasteiger partial charge in [-0.1, -0.05) is 60.7 Å². The Bertz CT molecular complexity index is 1360. The Balaban J connectivity index is 0.00000423. The quantitative estimate of drug-likeness (QED) is 0.346. The summed E-state index contributed by atoms with van der Waals surface area (Å²) in [7, 11) is 4.63. The van der Waals surface area contributed by atoms with Gasteiger partial charge in [0.05, 0.1) is 26.7 Å². The zero-order valence-electron chi connectivity index (χ0n) is 25.2. The van der Waals surface area contributed by atoms with Crippen molar-refractivity contribution in [1.29, 1.82) is 0 Å². The van der Waals surface area contributed by atoms with E-state index in [1.54, 1.807) is 33.5 Å². The third kappa shape index (κ3) is 6.45. The third-order valence-electron chi connectivity index (χ3n) is 9.05. The summed E-state index contributed by atoms with van der Waals surface area (Å²) in [6.45, 7) is 3.32. The minimum atomic E-state index is -0.531. The summed E-state index contributed by atoms with van der Waals surface area (Å²) in [6.07, 6.45) is 3.06. The van der Waals surface area contributed by atoms with Crippen molar-refractivity contribution in [2.24, 2.45) is 0 Å². The van der Waals surface area contributed by atoms with Crippen LogP contribution in [0.4, 0.5) is 0 Å². The highest BCUT2D eigenvalue weighted by atomic mass is 35.5. The minimum absolute atomic E-state index is 0. The molecule has 43 heavy (non-hydrogen) atoms. The van der Waals surface area contributed by atoms with E-state index in [0.29, 0.717) is 42.4 Å². The van der Waals surface area contributed by atoms with Gasteiger partial charge >= 0.3 is 0 Å². The molecule has 0 radical (unpaired) electrons. The minimum Gasteiger partial charge on any atom is -0.493 e. The van der Waals surface area contributed by atoms with E-state index in [1.165, 1.54) is 5.56 Å². The summed E-state index contributed by atoms with van der Waals surface area (Å²) in [5.74, 6) is 1.34. The molecule has 3 aromatic carbocycles. The summed E-state index contributed by atoms with van der Waals surface area (Å²) in [6, 6.07) is 23.9. The molecule has 2 saturated heterocycles. The molecule has 8 nitrogen and oxygen atoms in total. The largest absolute Gasteiger partial charge is 0.493 e. The second-order valence-corrected chi connectivity index (χ2v) is 11.2. The Morgan fingerprint density at radius 1 is 0.837 bits per heavy atom. The van der Waals surface area contributed by atoms with Crippen molar-refractivity contribution in [3.8, 4) is 17.2 Å². The number of rotatable bonds is 10. The molecule has 2 amide bonds. The van der Waals surface area contributed by atoms with Gasteiger partial charge in [0.25, 0.3) is 5.91 Å². The number of carbonyl (C=O) groups is 2. The zero-order valence-corrected chi connectivity index (χ0v) is 26.0. The first-order valence-corrected chi connectivity index (χ1v) is 14.7. The molecule has 5 rings (SSSR count).